The number of carbonyl (C=O) groups excluding carboxylic acids is 3. The summed E-state index contributed by atoms with van der Waals surface area (Å²) in [4.78, 5) is 37.3. The SMILES string of the molecule is COC(=O)c1c(C)cc(OC(=O)c2c(C)cc(O)c(/C=N/NC(=O)c3cc(I)ccc3O)c2O)c(C)c1O. The molecule has 38 heavy (non-hydrogen) atoms. The van der Waals surface area contributed by atoms with E-state index >= 15 is 0 Å². The van der Waals surface area contributed by atoms with Crippen LogP contribution in [0.5, 0.6) is 28.7 Å². The van der Waals surface area contributed by atoms with E-state index in [4.69, 9.17) is 4.74 Å². The average molecular weight is 634 g/mol. The monoisotopic (exact) mass is 634 g/mol. The van der Waals surface area contributed by atoms with Crippen molar-refractivity contribution in [3.05, 3.63) is 72.8 Å². The van der Waals surface area contributed by atoms with Gasteiger partial charge in [-0.3, -0.25) is 4.79 Å². The van der Waals surface area contributed by atoms with Crippen LogP contribution >= 0.6 is 22.6 Å². The maximum absolute atomic E-state index is 13.0. The molecule has 0 bridgehead atoms. The van der Waals surface area contributed by atoms with Crippen LogP contribution in [0, 0.1) is 24.3 Å². The molecule has 0 aliphatic rings. The van der Waals surface area contributed by atoms with E-state index in [-0.39, 0.29) is 50.4 Å². The lowest BCUT2D eigenvalue weighted by Crippen LogP contribution is -2.18. The maximum Gasteiger partial charge on any atom is 0.347 e. The summed E-state index contributed by atoms with van der Waals surface area (Å²) in [5.74, 6) is -4.38. The van der Waals surface area contributed by atoms with Crippen LogP contribution in [0.2, 0.25) is 0 Å². The van der Waals surface area contributed by atoms with Crippen LogP contribution in [0.1, 0.15) is 53.3 Å². The number of amides is 1. The summed E-state index contributed by atoms with van der Waals surface area (Å²) in [6, 6.07) is 6.96. The smallest absolute Gasteiger partial charge is 0.347 e. The number of methoxy groups -OCH3 is 1. The van der Waals surface area contributed by atoms with Crippen LogP contribution in [0.3, 0.4) is 0 Å². The summed E-state index contributed by atoms with van der Waals surface area (Å²) in [6.45, 7) is 4.40. The third kappa shape index (κ3) is 5.64. The van der Waals surface area contributed by atoms with E-state index < -0.39 is 35.1 Å². The lowest BCUT2D eigenvalue weighted by Gasteiger charge is -2.16. The van der Waals surface area contributed by atoms with Gasteiger partial charge in [0, 0.05) is 9.13 Å². The largest absolute Gasteiger partial charge is 0.507 e. The molecule has 3 rings (SSSR count). The third-order valence-corrected chi connectivity index (χ3v) is 6.25. The second-order valence-corrected chi connectivity index (χ2v) is 9.38. The first-order valence-corrected chi connectivity index (χ1v) is 12.0. The Morgan fingerprint density at radius 1 is 0.895 bits per heavy atom. The third-order valence-electron chi connectivity index (χ3n) is 5.58. The van der Waals surface area contributed by atoms with Crippen molar-refractivity contribution in [2.24, 2.45) is 5.10 Å². The predicted octanol–water partition coefficient (Wildman–Crippen LogP) is 3.81. The van der Waals surface area contributed by atoms with Gasteiger partial charge in [-0.05, 0) is 84.8 Å². The van der Waals surface area contributed by atoms with Crippen molar-refractivity contribution in [3.8, 4) is 28.7 Å². The Morgan fingerprint density at radius 3 is 2.18 bits per heavy atom. The summed E-state index contributed by atoms with van der Waals surface area (Å²) in [7, 11) is 1.17. The first-order valence-electron chi connectivity index (χ1n) is 10.9. The summed E-state index contributed by atoms with van der Waals surface area (Å²) in [5, 5.41) is 45.1. The fraction of sp³-hybridized carbons (Fsp3) is 0.154. The van der Waals surface area contributed by atoms with E-state index in [9.17, 15) is 34.8 Å². The number of ether oxygens (including phenoxy) is 2. The number of hydrogen-bond acceptors (Lipinski definition) is 10. The number of hydrazone groups is 1. The molecule has 1 amide bonds. The average Bonchev–Trinajstić information content (AvgIpc) is 2.85. The Morgan fingerprint density at radius 2 is 1.53 bits per heavy atom. The standard InChI is InChI=1S/C26H23IN2O9/c1-11-7-18(31)16(10-28-29-24(34)15-9-14(27)5-6-17(15)30)23(33)21(11)26(36)38-19-8-12(2)20(25(35)37-4)22(32)13(19)3/h5-10,30-33H,1-4H3,(H,29,34)/b28-10+. The molecule has 5 N–H and O–H groups in total. The molecule has 0 saturated heterocycles. The molecule has 0 aliphatic carbocycles. The molecule has 0 atom stereocenters. The van der Waals surface area contributed by atoms with Crippen molar-refractivity contribution in [2.45, 2.75) is 20.8 Å². The van der Waals surface area contributed by atoms with Gasteiger partial charge in [0.1, 0.15) is 39.9 Å². The quantitative estimate of drug-likeness (QED) is 0.0888. The van der Waals surface area contributed by atoms with Gasteiger partial charge in [-0.15, -0.1) is 0 Å². The zero-order valence-corrected chi connectivity index (χ0v) is 22.8. The van der Waals surface area contributed by atoms with Crippen LogP contribution in [0.4, 0.5) is 0 Å². The molecule has 0 radical (unpaired) electrons. The van der Waals surface area contributed by atoms with Gasteiger partial charge in [0.25, 0.3) is 5.91 Å². The molecular formula is C26H23IN2O9. The van der Waals surface area contributed by atoms with E-state index in [1.165, 1.54) is 52.1 Å². The number of rotatable bonds is 6. The first kappa shape index (κ1) is 28.2. The number of esters is 2. The Labute approximate surface area is 230 Å². The molecule has 11 nitrogen and oxygen atoms in total. The van der Waals surface area contributed by atoms with Crippen molar-refractivity contribution < 1.29 is 44.3 Å². The van der Waals surface area contributed by atoms with Crippen molar-refractivity contribution in [2.75, 3.05) is 7.11 Å². The van der Waals surface area contributed by atoms with Crippen LogP contribution in [-0.2, 0) is 4.74 Å². The van der Waals surface area contributed by atoms with Crippen LogP contribution < -0.4 is 10.2 Å². The minimum absolute atomic E-state index is 0.0391. The fourth-order valence-corrected chi connectivity index (χ4v) is 4.06. The van der Waals surface area contributed by atoms with Gasteiger partial charge in [0.05, 0.1) is 24.5 Å². The highest BCUT2D eigenvalue weighted by Crippen LogP contribution is 2.37. The number of nitrogens with zero attached hydrogens (tertiary/aromatic N) is 1. The highest BCUT2D eigenvalue weighted by atomic mass is 127. The number of phenolic OH excluding ortho intramolecular Hbond substituents is 4. The number of hydrogen-bond donors (Lipinski definition) is 5. The van der Waals surface area contributed by atoms with Crippen LogP contribution in [-0.4, -0.2) is 51.6 Å². The van der Waals surface area contributed by atoms with E-state index in [1.54, 1.807) is 6.07 Å². The second-order valence-electron chi connectivity index (χ2n) is 8.13. The number of benzene rings is 3. The molecule has 3 aromatic carbocycles. The normalized spacial score (nSPS) is 10.9. The number of aromatic hydroxyl groups is 4. The Kier molecular flexibility index (Phi) is 8.46. The molecule has 0 heterocycles. The molecule has 198 valence electrons. The van der Waals surface area contributed by atoms with Crippen LogP contribution in [0.25, 0.3) is 0 Å². The lowest BCUT2D eigenvalue weighted by molar-refractivity contribution is 0.0596. The molecule has 0 spiro atoms. The molecule has 0 unspecified atom stereocenters. The van der Waals surface area contributed by atoms with E-state index in [1.807, 2.05) is 22.6 Å². The van der Waals surface area contributed by atoms with Gasteiger partial charge in [0.15, 0.2) is 0 Å². The lowest BCUT2D eigenvalue weighted by atomic mass is 10.0. The molecule has 12 heteroatoms. The zero-order chi connectivity index (χ0) is 28.3. The topological polar surface area (TPSA) is 175 Å². The summed E-state index contributed by atoms with van der Waals surface area (Å²) in [6.07, 6.45) is 0.927. The van der Waals surface area contributed by atoms with E-state index in [0.717, 1.165) is 6.21 Å². The second kappa shape index (κ2) is 11.4. The molecule has 0 fully saturated rings. The highest BCUT2D eigenvalue weighted by Gasteiger charge is 2.25. The number of phenols is 4. The predicted molar refractivity (Wildman–Crippen MR) is 144 cm³/mol. The highest BCUT2D eigenvalue weighted by molar-refractivity contribution is 14.1. The zero-order valence-electron chi connectivity index (χ0n) is 20.6. The molecule has 3 aromatic rings. The minimum atomic E-state index is -1.02. The number of nitrogens with one attached hydrogen (secondary N) is 1. The van der Waals surface area contributed by atoms with Crippen LogP contribution in [0.15, 0.2) is 35.4 Å². The molecule has 0 aromatic heterocycles. The Balaban J connectivity index is 1.91. The van der Waals surface area contributed by atoms with Gasteiger partial charge in [-0.1, -0.05) is 0 Å². The Hall–Kier alpha value is -4.33. The van der Waals surface area contributed by atoms with E-state index in [0.29, 0.717) is 3.57 Å². The van der Waals surface area contributed by atoms with Gasteiger partial charge >= 0.3 is 11.9 Å². The number of aryl methyl sites for hydroxylation is 2. The summed E-state index contributed by atoms with van der Waals surface area (Å²) < 4.78 is 10.8. The van der Waals surface area contributed by atoms with Crippen molar-refractivity contribution >= 4 is 46.7 Å². The van der Waals surface area contributed by atoms with Gasteiger partial charge in [-0.2, -0.15) is 5.10 Å². The van der Waals surface area contributed by atoms with Gasteiger partial charge < -0.3 is 29.9 Å². The molecular weight excluding hydrogens is 611 g/mol. The van der Waals surface area contributed by atoms with Crippen molar-refractivity contribution in [3.63, 3.8) is 0 Å². The Bertz CT molecular complexity index is 1500. The number of carbonyl (C=O) groups is 3. The summed E-state index contributed by atoms with van der Waals surface area (Å²) >= 11 is 1.97. The van der Waals surface area contributed by atoms with Gasteiger partial charge in [-0.25, -0.2) is 15.0 Å². The molecule has 0 saturated carbocycles. The van der Waals surface area contributed by atoms with E-state index in [2.05, 4.69) is 15.3 Å². The number of halogens is 1. The maximum atomic E-state index is 13.0. The first-order chi connectivity index (χ1) is 17.9. The van der Waals surface area contributed by atoms with Crippen molar-refractivity contribution in [1.29, 1.82) is 0 Å². The fourth-order valence-electron chi connectivity index (χ4n) is 3.57. The summed E-state index contributed by atoms with van der Waals surface area (Å²) in [5.41, 5.74) is 2.01. The van der Waals surface area contributed by atoms with Gasteiger partial charge in [0.2, 0.25) is 0 Å². The molecule has 0 aliphatic heterocycles. The minimum Gasteiger partial charge on any atom is -0.507 e. The van der Waals surface area contributed by atoms with Crippen molar-refractivity contribution in [1.82, 2.24) is 5.43 Å².